The molecule has 21 heavy (non-hydrogen) atoms. The highest BCUT2D eigenvalue weighted by Crippen LogP contribution is 2.25. The van der Waals surface area contributed by atoms with Gasteiger partial charge in [-0.25, -0.2) is 0 Å². The van der Waals surface area contributed by atoms with Crippen molar-refractivity contribution in [2.45, 2.75) is 0 Å². The maximum Gasteiger partial charge on any atom is 0.322 e. The molecule has 0 amide bonds. The van der Waals surface area contributed by atoms with Gasteiger partial charge in [0.1, 0.15) is 0 Å². The molecule has 0 aliphatic carbocycles. The van der Waals surface area contributed by atoms with Crippen LogP contribution < -0.4 is 14.2 Å². The summed E-state index contributed by atoms with van der Waals surface area (Å²) in [6.45, 7) is 9.93. The van der Waals surface area contributed by atoms with Crippen molar-refractivity contribution in [2.75, 3.05) is 20.4 Å². The Labute approximate surface area is 122 Å². The molecule has 0 aromatic carbocycles. The molecular weight excluding hydrogens is 280 g/mol. The molecule has 8 heteroatoms. The SMILES string of the molecule is C=COCOc1ncc(OCOC=C)c(OCOC=C)n1. The van der Waals surface area contributed by atoms with Gasteiger partial charge in [0.05, 0.1) is 25.0 Å². The van der Waals surface area contributed by atoms with Gasteiger partial charge in [-0.15, -0.1) is 0 Å². The lowest BCUT2D eigenvalue weighted by atomic mass is 10.5. The van der Waals surface area contributed by atoms with E-state index in [2.05, 4.69) is 29.7 Å². The zero-order valence-electron chi connectivity index (χ0n) is 11.4. The Morgan fingerprint density at radius 1 is 0.857 bits per heavy atom. The van der Waals surface area contributed by atoms with Gasteiger partial charge < -0.3 is 28.4 Å². The number of rotatable bonds is 12. The first-order chi connectivity index (χ1) is 10.3. The number of hydrogen-bond donors (Lipinski definition) is 0. The van der Waals surface area contributed by atoms with Crippen LogP contribution in [0.1, 0.15) is 0 Å². The third-order valence-electron chi connectivity index (χ3n) is 1.86. The summed E-state index contributed by atoms with van der Waals surface area (Å²) in [6.07, 6.45) is 5.08. The third-order valence-corrected chi connectivity index (χ3v) is 1.86. The highest BCUT2D eigenvalue weighted by molar-refractivity contribution is 5.31. The predicted molar refractivity (Wildman–Crippen MR) is 72.4 cm³/mol. The minimum atomic E-state index is -0.0954. The van der Waals surface area contributed by atoms with Gasteiger partial charge in [0, 0.05) is 0 Å². The first kappa shape index (κ1) is 16.2. The second kappa shape index (κ2) is 9.96. The predicted octanol–water partition coefficient (Wildman–Crippen LogP) is 1.97. The lowest BCUT2D eigenvalue weighted by molar-refractivity contribution is 0.0499. The van der Waals surface area contributed by atoms with Crippen LogP contribution in [0.5, 0.6) is 17.6 Å². The van der Waals surface area contributed by atoms with Gasteiger partial charge in [-0.05, 0) is 0 Å². The Morgan fingerprint density at radius 3 is 2.05 bits per heavy atom. The zero-order valence-corrected chi connectivity index (χ0v) is 11.4. The Morgan fingerprint density at radius 2 is 1.43 bits per heavy atom. The van der Waals surface area contributed by atoms with Crippen molar-refractivity contribution >= 4 is 0 Å². The Kier molecular flexibility index (Phi) is 7.66. The lowest BCUT2D eigenvalue weighted by Crippen LogP contribution is -2.08. The smallest absolute Gasteiger partial charge is 0.322 e. The van der Waals surface area contributed by atoms with Gasteiger partial charge in [-0.2, -0.15) is 9.97 Å². The summed E-state index contributed by atoms with van der Waals surface area (Å²) < 4.78 is 30.1. The molecule has 0 saturated carbocycles. The standard InChI is InChI=1S/C13H16N2O6/c1-4-16-8-19-11-7-14-13(21-10-18-6-3)15-12(11)20-9-17-5-2/h4-7H,1-3,8-10H2. The molecular formula is C13H16N2O6. The molecule has 0 spiro atoms. The van der Waals surface area contributed by atoms with Crippen LogP contribution in [0.2, 0.25) is 0 Å². The average molecular weight is 296 g/mol. The maximum atomic E-state index is 5.26. The highest BCUT2D eigenvalue weighted by atomic mass is 16.7. The number of nitrogens with zero attached hydrogens (tertiary/aromatic N) is 2. The fraction of sp³-hybridized carbons (Fsp3) is 0.231. The van der Waals surface area contributed by atoms with Crippen LogP contribution in [0, 0.1) is 0 Å². The van der Waals surface area contributed by atoms with E-state index < -0.39 is 0 Å². The van der Waals surface area contributed by atoms with Crippen molar-refractivity contribution in [3.8, 4) is 17.6 Å². The second-order valence-corrected chi connectivity index (χ2v) is 3.11. The summed E-state index contributed by atoms with van der Waals surface area (Å²) in [4.78, 5) is 7.93. The van der Waals surface area contributed by atoms with Gasteiger partial charge in [0.25, 0.3) is 5.88 Å². The first-order valence-corrected chi connectivity index (χ1v) is 5.74. The van der Waals surface area contributed by atoms with Gasteiger partial charge in [-0.3, -0.25) is 0 Å². The first-order valence-electron chi connectivity index (χ1n) is 5.74. The van der Waals surface area contributed by atoms with E-state index in [0.29, 0.717) is 0 Å². The fourth-order valence-corrected chi connectivity index (χ4v) is 1.03. The van der Waals surface area contributed by atoms with E-state index in [1.165, 1.54) is 25.0 Å². The van der Waals surface area contributed by atoms with Crippen LogP contribution in [-0.2, 0) is 14.2 Å². The molecule has 1 aromatic rings. The molecule has 0 atom stereocenters. The van der Waals surface area contributed by atoms with Crippen LogP contribution in [0.4, 0.5) is 0 Å². The molecule has 0 aliphatic rings. The van der Waals surface area contributed by atoms with Crippen molar-refractivity contribution < 1.29 is 28.4 Å². The molecule has 1 aromatic heterocycles. The van der Waals surface area contributed by atoms with Gasteiger partial charge >= 0.3 is 6.01 Å². The zero-order chi connectivity index (χ0) is 15.3. The molecule has 0 unspecified atom stereocenters. The van der Waals surface area contributed by atoms with E-state index in [1.54, 1.807) is 0 Å². The van der Waals surface area contributed by atoms with Crippen LogP contribution in [-0.4, -0.2) is 30.3 Å². The van der Waals surface area contributed by atoms with Crippen LogP contribution in [0.3, 0.4) is 0 Å². The average Bonchev–Trinajstić information content (AvgIpc) is 2.50. The van der Waals surface area contributed by atoms with E-state index in [4.69, 9.17) is 28.4 Å². The third kappa shape index (κ3) is 6.19. The van der Waals surface area contributed by atoms with Crippen molar-refractivity contribution in [3.63, 3.8) is 0 Å². The van der Waals surface area contributed by atoms with E-state index in [0.717, 1.165) is 0 Å². The van der Waals surface area contributed by atoms with Crippen LogP contribution in [0.25, 0.3) is 0 Å². The number of ether oxygens (including phenoxy) is 6. The molecule has 0 saturated heterocycles. The summed E-state index contributed by atoms with van der Waals surface area (Å²) in [6, 6.07) is 0.0439. The van der Waals surface area contributed by atoms with Gasteiger partial charge in [0.15, 0.2) is 0 Å². The van der Waals surface area contributed by atoms with E-state index >= 15 is 0 Å². The van der Waals surface area contributed by atoms with Crippen molar-refractivity contribution in [3.05, 3.63) is 44.7 Å². The maximum absolute atomic E-state index is 5.26. The molecule has 8 nitrogen and oxygen atoms in total. The van der Waals surface area contributed by atoms with Crippen LogP contribution >= 0.6 is 0 Å². The summed E-state index contributed by atoms with van der Waals surface area (Å²) in [7, 11) is 0. The van der Waals surface area contributed by atoms with Crippen molar-refractivity contribution in [1.82, 2.24) is 9.97 Å². The normalized spacial score (nSPS) is 9.14. The fourth-order valence-electron chi connectivity index (χ4n) is 1.03. The van der Waals surface area contributed by atoms with Gasteiger partial charge in [0.2, 0.25) is 26.1 Å². The van der Waals surface area contributed by atoms with Crippen LogP contribution in [0.15, 0.2) is 44.7 Å². The highest BCUT2D eigenvalue weighted by Gasteiger charge is 2.11. The topological polar surface area (TPSA) is 81.2 Å². The minimum Gasteiger partial charge on any atom is -0.466 e. The molecule has 0 aliphatic heterocycles. The summed E-state index contributed by atoms with van der Waals surface area (Å²) in [5, 5.41) is 0. The second-order valence-electron chi connectivity index (χ2n) is 3.11. The molecule has 1 rings (SSSR count). The largest absolute Gasteiger partial charge is 0.466 e. The minimum absolute atomic E-state index is 0.0439. The molecule has 0 bridgehead atoms. The monoisotopic (exact) mass is 296 g/mol. The molecule has 1 heterocycles. The van der Waals surface area contributed by atoms with Crippen molar-refractivity contribution in [1.29, 1.82) is 0 Å². The van der Waals surface area contributed by atoms with Gasteiger partial charge in [-0.1, -0.05) is 19.7 Å². The Bertz CT molecular complexity index is 466. The van der Waals surface area contributed by atoms with E-state index in [1.807, 2.05) is 0 Å². The molecule has 0 fully saturated rings. The lowest BCUT2D eigenvalue weighted by Gasteiger charge is -2.11. The Hall–Kier alpha value is -2.90. The molecule has 0 radical (unpaired) electrons. The summed E-state index contributed by atoms with van der Waals surface area (Å²) in [5.74, 6) is 0.370. The molecule has 114 valence electrons. The summed E-state index contributed by atoms with van der Waals surface area (Å²) >= 11 is 0. The summed E-state index contributed by atoms with van der Waals surface area (Å²) in [5.41, 5.74) is 0. The van der Waals surface area contributed by atoms with Crippen molar-refractivity contribution in [2.24, 2.45) is 0 Å². The number of aromatic nitrogens is 2. The van der Waals surface area contributed by atoms with E-state index in [-0.39, 0.29) is 38.0 Å². The molecule has 0 N–H and O–H groups in total. The Balaban J connectivity index is 2.71. The number of hydrogen-bond acceptors (Lipinski definition) is 8. The van der Waals surface area contributed by atoms with E-state index in [9.17, 15) is 0 Å². The quantitative estimate of drug-likeness (QED) is 0.329.